The highest BCUT2D eigenvalue weighted by Gasteiger charge is 2.26. The monoisotopic (exact) mass is 248 g/mol. The highest BCUT2D eigenvalue weighted by Crippen LogP contribution is 2.12. The van der Waals surface area contributed by atoms with Crippen molar-refractivity contribution < 1.29 is 18.4 Å². The average Bonchev–Trinajstić information content (AvgIpc) is 2.27. The van der Waals surface area contributed by atoms with Crippen LogP contribution in [0.2, 0.25) is 0 Å². The number of pyridine rings is 1. The molecule has 0 aliphatic rings. The van der Waals surface area contributed by atoms with E-state index in [4.69, 9.17) is 10.9 Å². The highest BCUT2D eigenvalue weighted by molar-refractivity contribution is 5.95. The molecule has 0 amide bonds. The van der Waals surface area contributed by atoms with E-state index in [2.05, 4.69) is 15.5 Å². The number of alkyl halides is 3. The summed E-state index contributed by atoms with van der Waals surface area (Å²) < 4.78 is 35.6. The SMILES string of the molecule is N/C(=N\O)c1cc(CNCC(F)(F)F)ccn1. The van der Waals surface area contributed by atoms with Crippen LogP contribution in [0.25, 0.3) is 0 Å². The average molecular weight is 248 g/mol. The molecule has 5 nitrogen and oxygen atoms in total. The summed E-state index contributed by atoms with van der Waals surface area (Å²) in [4.78, 5) is 3.80. The van der Waals surface area contributed by atoms with Gasteiger partial charge in [-0.15, -0.1) is 0 Å². The van der Waals surface area contributed by atoms with Crippen LogP contribution in [0.4, 0.5) is 13.2 Å². The Labute approximate surface area is 95.1 Å². The number of amidine groups is 1. The molecular weight excluding hydrogens is 237 g/mol. The van der Waals surface area contributed by atoms with Gasteiger partial charge >= 0.3 is 6.18 Å². The van der Waals surface area contributed by atoms with Crippen LogP contribution in [0.1, 0.15) is 11.3 Å². The summed E-state index contributed by atoms with van der Waals surface area (Å²) in [5, 5.41) is 13.4. The van der Waals surface area contributed by atoms with Crippen LogP contribution in [-0.4, -0.2) is 28.7 Å². The van der Waals surface area contributed by atoms with Crippen molar-refractivity contribution in [3.63, 3.8) is 0 Å². The summed E-state index contributed by atoms with van der Waals surface area (Å²) in [6.07, 6.45) is -2.88. The van der Waals surface area contributed by atoms with Crippen LogP contribution in [0, 0.1) is 0 Å². The molecule has 1 heterocycles. The second kappa shape index (κ2) is 5.48. The van der Waals surface area contributed by atoms with Gasteiger partial charge in [-0.25, -0.2) is 0 Å². The third-order valence-corrected chi connectivity index (χ3v) is 1.85. The molecule has 0 radical (unpaired) electrons. The maximum absolute atomic E-state index is 11.9. The van der Waals surface area contributed by atoms with Crippen molar-refractivity contribution in [2.75, 3.05) is 6.54 Å². The van der Waals surface area contributed by atoms with Gasteiger partial charge in [0.15, 0.2) is 5.84 Å². The van der Waals surface area contributed by atoms with Gasteiger partial charge in [0, 0.05) is 12.7 Å². The number of nitrogens with one attached hydrogen (secondary N) is 1. The van der Waals surface area contributed by atoms with Crippen molar-refractivity contribution in [1.82, 2.24) is 10.3 Å². The second-order valence-corrected chi connectivity index (χ2v) is 3.25. The first-order valence-corrected chi connectivity index (χ1v) is 4.62. The molecule has 0 aliphatic heterocycles. The lowest BCUT2D eigenvalue weighted by atomic mass is 10.2. The van der Waals surface area contributed by atoms with Crippen molar-refractivity contribution in [2.24, 2.45) is 10.9 Å². The van der Waals surface area contributed by atoms with E-state index >= 15 is 0 Å². The summed E-state index contributed by atoms with van der Waals surface area (Å²) in [5.74, 6) is -0.192. The Morgan fingerprint density at radius 2 is 2.24 bits per heavy atom. The Morgan fingerprint density at radius 1 is 1.53 bits per heavy atom. The van der Waals surface area contributed by atoms with Gasteiger partial charge in [-0.1, -0.05) is 5.16 Å². The lowest BCUT2D eigenvalue weighted by Crippen LogP contribution is -2.28. The van der Waals surface area contributed by atoms with E-state index in [9.17, 15) is 13.2 Å². The minimum atomic E-state index is -4.25. The molecule has 0 saturated heterocycles. The summed E-state index contributed by atoms with van der Waals surface area (Å²) in [7, 11) is 0. The minimum Gasteiger partial charge on any atom is -0.409 e. The fourth-order valence-electron chi connectivity index (χ4n) is 1.12. The number of oxime groups is 1. The first kappa shape index (κ1) is 13.2. The van der Waals surface area contributed by atoms with Crippen molar-refractivity contribution in [3.05, 3.63) is 29.6 Å². The number of nitrogens with two attached hydrogens (primary N) is 1. The lowest BCUT2D eigenvalue weighted by Gasteiger charge is -2.08. The number of aromatic nitrogens is 1. The van der Waals surface area contributed by atoms with Crippen LogP contribution in [0.15, 0.2) is 23.5 Å². The second-order valence-electron chi connectivity index (χ2n) is 3.25. The van der Waals surface area contributed by atoms with E-state index < -0.39 is 12.7 Å². The first-order chi connectivity index (χ1) is 7.92. The van der Waals surface area contributed by atoms with Crippen molar-refractivity contribution in [3.8, 4) is 0 Å². The van der Waals surface area contributed by atoms with Crippen molar-refractivity contribution in [1.29, 1.82) is 0 Å². The van der Waals surface area contributed by atoms with Crippen LogP contribution in [-0.2, 0) is 6.54 Å². The zero-order valence-electron chi connectivity index (χ0n) is 8.70. The number of nitrogens with zero attached hydrogens (tertiary/aromatic N) is 2. The van der Waals surface area contributed by atoms with E-state index in [1.54, 1.807) is 0 Å². The summed E-state index contributed by atoms with van der Waals surface area (Å²) in [6, 6.07) is 2.98. The van der Waals surface area contributed by atoms with Gasteiger partial charge in [0.25, 0.3) is 0 Å². The molecule has 0 fully saturated rings. The molecule has 0 saturated carbocycles. The van der Waals surface area contributed by atoms with E-state index in [1.807, 2.05) is 0 Å². The van der Waals surface area contributed by atoms with E-state index in [-0.39, 0.29) is 18.1 Å². The maximum Gasteiger partial charge on any atom is 0.401 e. The molecule has 1 rings (SSSR count). The van der Waals surface area contributed by atoms with Crippen molar-refractivity contribution in [2.45, 2.75) is 12.7 Å². The fraction of sp³-hybridized carbons (Fsp3) is 0.333. The van der Waals surface area contributed by atoms with Gasteiger partial charge < -0.3 is 16.3 Å². The van der Waals surface area contributed by atoms with Crippen LogP contribution in [0.3, 0.4) is 0 Å². The van der Waals surface area contributed by atoms with Gasteiger partial charge in [0.05, 0.1) is 6.54 Å². The molecular formula is C9H11F3N4O. The largest absolute Gasteiger partial charge is 0.409 e. The zero-order valence-corrected chi connectivity index (χ0v) is 8.70. The topological polar surface area (TPSA) is 83.5 Å². The molecule has 0 aromatic carbocycles. The highest BCUT2D eigenvalue weighted by atomic mass is 19.4. The first-order valence-electron chi connectivity index (χ1n) is 4.62. The third-order valence-electron chi connectivity index (χ3n) is 1.85. The van der Waals surface area contributed by atoms with Gasteiger partial charge in [0.1, 0.15) is 5.69 Å². The Hall–Kier alpha value is -1.83. The molecule has 17 heavy (non-hydrogen) atoms. The number of hydrogen-bond acceptors (Lipinski definition) is 4. The molecule has 0 bridgehead atoms. The summed E-state index contributed by atoms with van der Waals surface area (Å²) >= 11 is 0. The van der Waals surface area contributed by atoms with Crippen LogP contribution in [0.5, 0.6) is 0 Å². The van der Waals surface area contributed by atoms with E-state index in [0.29, 0.717) is 5.56 Å². The maximum atomic E-state index is 11.9. The molecule has 4 N–H and O–H groups in total. The predicted molar refractivity (Wildman–Crippen MR) is 54.5 cm³/mol. The molecule has 0 spiro atoms. The van der Waals surface area contributed by atoms with Gasteiger partial charge in [-0.05, 0) is 17.7 Å². The fourth-order valence-corrected chi connectivity index (χ4v) is 1.12. The molecule has 94 valence electrons. The van der Waals surface area contributed by atoms with E-state index in [1.165, 1.54) is 18.3 Å². The number of halogens is 3. The summed E-state index contributed by atoms with van der Waals surface area (Å²) in [5.41, 5.74) is 6.07. The number of hydrogen-bond donors (Lipinski definition) is 3. The van der Waals surface area contributed by atoms with Gasteiger partial charge in [0.2, 0.25) is 0 Å². The quantitative estimate of drug-likeness (QED) is 0.319. The van der Waals surface area contributed by atoms with Crippen molar-refractivity contribution >= 4 is 5.84 Å². The van der Waals surface area contributed by atoms with E-state index in [0.717, 1.165) is 0 Å². The Balaban J connectivity index is 2.61. The molecule has 0 aliphatic carbocycles. The van der Waals surface area contributed by atoms with Gasteiger partial charge in [-0.3, -0.25) is 4.98 Å². The standard InChI is InChI=1S/C9H11F3N4O/c10-9(11,12)5-14-4-6-1-2-15-7(3-6)8(13)16-17/h1-3,14,17H,4-5H2,(H2,13,16). The summed E-state index contributed by atoms with van der Waals surface area (Å²) in [6.45, 7) is -1.05. The predicted octanol–water partition coefficient (Wildman–Crippen LogP) is 0.828. The smallest absolute Gasteiger partial charge is 0.401 e. The van der Waals surface area contributed by atoms with Crippen LogP contribution < -0.4 is 11.1 Å². The molecule has 1 aromatic heterocycles. The number of rotatable bonds is 4. The zero-order chi connectivity index (χ0) is 12.9. The lowest BCUT2D eigenvalue weighted by molar-refractivity contribution is -0.125. The third kappa shape index (κ3) is 4.68. The van der Waals surface area contributed by atoms with Crippen LogP contribution >= 0.6 is 0 Å². The molecule has 1 aromatic rings. The Morgan fingerprint density at radius 3 is 2.82 bits per heavy atom. The molecule has 8 heteroatoms. The molecule has 0 unspecified atom stereocenters. The normalized spacial score (nSPS) is 12.8. The Kier molecular flexibility index (Phi) is 4.27. The molecule has 0 atom stereocenters. The Bertz CT molecular complexity index is 405. The van der Waals surface area contributed by atoms with Gasteiger partial charge in [-0.2, -0.15) is 13.2 Å². The minimum absolute atomic E-state index is 0.0216.